The smallest absolute Gasteiger partial charge is 0.155 e. The average Bonchev–Trinajstić information content (AvgIpc) is 2.11. The highest BCUT2D eigenvalue weighted by atomic mass is 16.5. The first-order valence-corrected chi connectivity index (χ1v) is 3.36. The molecule has 1 atom stereocenters. The van der Waals surface area contributed by atoms with Crippen molar-refractivity contribution < 1.29 is 4.74 Å². The summed E-state index contributed by atoms with van der Waals surface area (Å²) in [6.45, 7) is 4.34. The van der Waals surface area contributed by atoms with Crippen LogP contribution in [0.25, 0.3) is 0 Å². The highest BCUT2D eigenvalue weighted by molar-refractivity contribution is 5.03. The molecule has 2 aliphatic heterocycles. The molecule has 2 nitrogen and oxygen atoms in total. The number of hydrogen-bond acceptors (Lipinski definition) is 2. The molecule has 2 heterocycles. The summed E-state index contributed by atoms with van der Waals surface area (Å²) < 4.78 is 4.97. The fourth-order valence-corrected chi connectivity index (χ4v) is 1.14. The monoisotopic (exact) mass is 124 g/mol. The van der Waals surface area contributed by atoms with Crippen molar-refractivity contribution in [2.24, 2.45) is 0 Å². The molecule has 2 rings (SSSR count). The third kappa shape index (κ3) is 0.833. The van der Waals surface area contributed by atoms with E-state index in [9.17, 15) is 0 Å². The normalized spacial score (nSPS) is 34.0. The molecule has 0 aromatic carbocycles. The Morgan fingerprint density at radius 1 is 1.44 bits per heavy atom. The molecule has 9 heavy (non-hydrogen) atoms. The van der Waals surface area contributed by atoms with Gasteiger partial charge in [-0.1, -0.05) is 0 Å². The minimum atomic E-state index is 0.471. The van der Waals surface area contributed by atoms with E-state index in [0.717, 1.165) is 0 Å². The van der Waals surface area contributed by atoms with Crippen molar-refractivity contribution in [1.29, 1.82) is 0 Å². The molecule has 1 saturated heterocycles. The second-order valence-electron chi connectivity index (χ2n) is 2.48. The number of ether oxygens (including phenoxy) is 1. The predicted molar refractivity (Wildman–Crippen MR) is 34.5 cm³/mol. The van der Waals surface area contributed by atoms with Gasteiger partial charge in [0.25, 0.3) is 0 Å². The lowest BCUT2D eigenvalue weighted by Gasteiger charge is -2.34. The van der Waals surface area contributed by atoms with Crippen LogP contribution in [0.4, 0.5) is 0 Å². The van der Waals surface area contributed by atoms with E-state index in [1.165, 1.54) is 19.5 Å². The van der Waals surface area contributed by atoms with Gasteiger partial charge in [-0.15, -0.1) is 0 Å². The van der Waals surface area contributed by atoms with Crippen molar-refractivity contribution >= 4 is 0 Å². The molecule has 0 spiro atoms. The highest BCUT2D eigenvalue weighted by Gasteiger charge is 2.24. The minimum absolute atomic E-state index is 0.471. The second kappa shape index (κ2) is 2.03. The zero-order valence-electron chi connectivity index (χ0n) is 5.29. The summed E-state index contributed by atoms with van der Waals surface area (Å²) in [5.41, 5.74) is 0. The Kier molecular flexibility index (Phi) is 1.19. The van der Waals surface area contributed by atoms with Crippen molar-refractivity contribution in [3.05, 3.63) is 18.9 Å². The maximum absolute atomic E-state index is 4.97. The maximum atomic E-state index is 4.97. The molecule has 0 aromatic rings. The van der Waals surface area contributed by atoms with E-state index in [-0.39, 0.29) is 0 Å². The zero-order chi connectivity index (χ0) is 6.10. The second-order valence-corrected chi connectivity index (χ2v) is 2.48. The lowest BCUT2D eigenvalue weighted by molar-refractivity contribution is 0.139. The van der Waals surface area contributed by atoms with Crippen LogP contribution >= 0.6 is 0 Å². The fraction of sp³-hybridized carbons (Fsp3) is 0.571. The molecule has 0 saturated carbocycles. The fourth-order valence-electron chi connectivity index (χ4n) is 1.14. The number of hydrogen-bond donors (Lipinski definition) is 0. The van der Waals surface area contributed by atoms with Crippen LogP contribution < -0.4 is 0 Å². The van der Waals surface area contributed by atoms with E-state index in [4.69, 9.17) is 4.74 Å². The van der Waals surface area contributed by atoms with Gasteiger partial charge in [0, 0.05) is 13.1 Å². The molecule has 1 fully saturated rings. The Labute approximate surface area is 55.1 Å². The first kappa shape index (κ1) is 5.30. The predicted octanol–water partition coefficient (Wildman–Crippen LogP) is 0.766. The van der Waals surface area contributed by atoms with E-state index < -0.39 is 0 Å². The van der Waals surface area contributed by atoms with Gasteiger partial charge in [0.2, 0.25) is 0 Å². The molecule has 2 heteroatoms. The molecule has 2 aliphatic rings. The van der Waals surface area contributed by atoms with Crippen molar-refractivity contribution in [3.8, 4) is 0 Å². The zero-order valence-corrected chi connectivity index (χ0v) is 5.29. The third-order valence-electron chi connectivity index (χ3n) is 1.88. The van der Waals surface area contributed by atoms with Crippen LogP contribution in [-0.4, -0.2) is 24.0 Å². The SMILES string of the molecule is [CH]1OC=CC1N1CCC1. The molecule has 1 radical (unpaired) electrons. The summed E-state index contributed by atoms with van der Waals surface area (Å²) in [6, 6.07) is 0.471. The van der Waals surface area contributed by atoms with Crippen LogP contribution in [-0.2, 0) is 4.74 Å². The van der Waals surface area contributed by atoms with Crippen LogP contribution in [0.1, 0.15) is 6.42 Å². The number of likely N-dealkylation sites (tertiary alicyclic amines) is 1. The molecule has 0 aromatic heterocycles. The van der Waals surface area contributed by atoms with Gasteiger partial charge in [0.05, 0.1) is 12.3 Å². The first-order chi connectivity index (χ1) is 4.47. The lowest BCUT2D eigenvalue weighted by Crippen LogP contribution is -2.43. The van der Waals surface area contributed by atoms with Gasteiger partial charge >= 0.3 is 0 Å². The van der Waals surface area contributed by atoms with E-state index in [1.54, 1.807) is 6.26 Å². The molecule has 49 valence electrons. The van der Waals surface area contributed by atoms with Crippen molar-refractivity contribution in [2.75, 3.05) is 13.1 Å². The van der Waals surface area contributed by atoms with Gasteiger partial charge in [-0.3, -0.25) is 4.90 Å². The quantitative estimate of drug-likeness (QED) is 0.512. The van der Waals surface area contributed by atoms with Crippen molar-refractivity contribution in [1.82, 2.24) is 4.90 Å². The number of nitrogens with zero attached hydrogens (tertiary/aromatic N) is 1. The Hall–Kier alpha value is -0.500. The number of rotatable bonds is 1. The van der Waals surface area contributed by atoms with E-state index in [0.29, 0.717) is 6.04 Å². The largest absolute Gasteiger partial charge is 0.492 e. The highest BCUT2D eigenvalue weighted by Crippen LogP contribution is 2.18. The minimum Gasteiger partial charge on any atom is -0.492 e. The summed E-state index contributed by atoms with van der Waals surface area (Å²) in [4.78, 5) is 2.38. The van der Waals surface area contributed by atoms with Crippen LogP contribution in [0, 0.1) is 6.61 Å². The Morgan fingerprint density at radius 3 is 2.78 bits per heavy atom. The van der Waals surface area contributed by atoms with Crippen LogP contribution in [0.15, 0.2) is 12.3 Å². The summed E-state index contributed by atoms with van der Waals surface area (Å²) >= 11 is 0. The molecule has 0 aliphatic carbocycles. The van der Waals surface area contributed by atoms with Gasteiger partial charge in [-0.2, -0.15) is 0 Å². The Bertz CT molecular complexity index is 129. The maximum Gasteiger partial charge on any atom is 0.155 e. The summed E-state index contributed by atoms with van der Waals surface area (Å²) in [6.07, 6.45) is 5.18. The third-order valence-corrected chi connectivity index (χ3v) is 1.88. The van der Waals surface area contributed by atoms with Crippen LogP contribution in [0.3, 0.4) is 0 Å². The molecule has 1 unspecified atom stereocenters. The van der Waals surface area contributed by atoms with Crippen molar-refractivity contribution in [2.45, 2.75) is 12.5 Å². The summed E-state index contributed by atoms with van der Waals surface area (Å²) in [7, 11) is 0. The molecule has 0 N–H and O–H groups in total. The molecule has 0 amide bonds. The van der Waals surface area contributed by atoms with E-state index >= 15 is 0 Å². The Balaban J connectivity index is 1.89. The summed E-state index contributed by atoms with van der Waals surface area (Å²) in [5.74, 6) is 0. The van der Waals surface area contributed by atoms with Gasteiger partial charge in [0.15, 0.2) is 6.61 Å². The molecular weight excluding hydrogens is 114 g/mol. The van der Waals surface area contributed by atoms with E-state index in [2.05, 4.69) is 11.0 Å². The first-order valence-electron chi connectivity index (χ1n) is 3.36. The van der Waals surface area contributed by atoms with Crippen LogP contribution in [0.5, 0.6) is 0 Å². The summed E-state index contributed by atoms with van der Waals surface area (Å²) in [5, 5.41) is 0. The topological polar surface area (TPSA) is 12.5 Å². The molecule has 0 bridgehead atoms. The average molecular weight is 124 g/mol. The van der Waals surface area contributed by atoms with Gasteiger partial charge in [-0.05, 0) is 12.5 Å². The van der Waals surface area contributed by atoms with Crippen molar-refractivity contribution in [3.63, 3.8) is 0 Å². The van der Waals surface area contributed by atoms with Gasteiger partial charge in [-0.25, -0.2) is 0 Å². The van der Waals surface area contributed by atoms with E-state index in [1.807, 2.05) is 6.61 Å². The van der Waals surface area contributed by atoms with Gasteiger partial charge in [0.1, 0.15) is 0 Å². The standard InChI is InChI=1S/C7H10NO/c1-3-8(4-1)7-2-5-9-6-7/h2,5-7H,1,3-4H2. The lowest BCUT2D eigenvalue weighted by atomic mass is 10.1. The molecular formula is C7H10NO. The van der Waals surface area contributed by atoms with Gasteiger partial charge < -0.3 is 4.74 Å². The Morgan fingerprint density at radius 2 is 2.33 bits per heavy atom. The van der Waals surface area contributed by atoms with Crippen LogP contribution in [0.2, 0.25) is 0 Å².